The summed E-state index contributed by atoms with van der Waals surface area (Å²) in [4.78, 5) is 13.0. The minimum atomic E-state index is -1.17. The molecule has 3 fully saturated rings. The number of fused-ring (bicyclic) bond motifs is 1. The molecule has 2 aromatic heterocycles. The molecule has 1 saturated carbocycles. The van der Waals surface area contributed by atoms with Crippen LogP contribution in [0.3, 0.4) is 0 Å². The SMILES string of the molecule is O[C@@H]1[C@@H](COC(=S)NC2CCCC2)OC(n2cnc3c(N[C@@H]4CCOC4)ncnc32)[C@@H]1O. The maximum absolute atomic E-state index is 10.7. The minimum Gasteiger partial charge on any atom is -0.468 e. The topological polar surface area (TPSA) is 136 Å². The first-order valence-corrected chi connectivity index (χ1v) is 11.5. The third-order valence-corrected chi connectivity index (χ3v) is 6.53. The Morgan fingerprint density at radius 2 is 2.00 bits per heavy atom. The lowest BCUT2D eigenvalue weighted by atomic mass is 10.1. The van der Waals surface area contributed by atoms with E-state index in [0.29, 0.717) is 36.2 Å². The molecule has 0 spiro atoms. The second-order valence-corrected chi connectivity index (χ2v) is 8.89. The smallest absolute Gasteiger partial charge is 0.256 e. The van der Waals surface area contributed by atoms with Crippen LogP contribution in [-0.2, 0) is 14.2 Å². The van der Waals surface area contributed by atoms with E-state index < -0.39 is 24.5 Å². The van der Waals surface area contributed by atoms with Crippen LogP contribution in [0.15, 0.2) is 12.7 Å². The van der Waals surface area contributed by atoms with Crippen molar-refractivity contribution in [3.8, 4) is 0 Å². The fourth-order valence-corrected chi connectivity index (χ4v) is 4.75. The lowest BCUT2D eigenvalue weighted by Crippen LogP contribution is -2.38. The van der Waals surface area contributed by atoms with Crippen molar-refractivity contribution in [2.75, 3.05) is 25.1 Å². The Kier molecular flexibility index (Phi) is 6.37. The molecule has 11 nitrogen and oxygen atoms in total. The minimum absolute atomic E-state index is 0.0311. The third kappa shape index (κ3) is 4.37. The number of thiocarbonyl (C=S) groups is 1. The molecule has 12 heteroatoms. The molecule has 0 bridgehead atoms. The number of rotatable bonds is 6. The van der Waals surface area contributed by atoms with Crippen LogP contribution in [-0.4, -0.2) is 85.1 Å². The number of aliphatic hydroxyl groups is 2. The molecule has 2 aliphatic heterocycles. The number of anilines is 1. The monoisotopic (exact) mass is 464 g/mol. The summed E-state index contributed by atoms with van der Waals surface area (Å²) in [6, 6.07) is 0.502. The molecule has 1 unspecified atom stereocenters. The van der Waals surface area contributed by atoms with Crippen LogP contribution in [0.4, 0.5) is 5.82 Å². The maximum atomic E-state index is 10.7. The number of nitrogens with zero attached hydrogens (tertiary/aromatic N) is 4. The second-order valence-electron chi connectivity index (χ2n) is 8.52. The van der Waals surface area contributed by atoms with Gasteiger partial charge in [-0.2, -0.15) is 0 Å². The zero-order chi connectivity index (χ0) is 22.1. The van der Waals surface area contributed by atoms with Crippen LogP contribution < -0.4 is 10.6 Å². The van der Waals surface area contributed by atoms with Gasteiger partial charge in [-0.1, -0.05) is 12.8 Å². The fourth-order valence-electron chi connectivity index (χ4n) is 4.52. The van der Waals surface area contributed by atoms with Gasteiger partial charge in [-0.25, -0.2) is 15.0 Å². The first kappa shape index (κ1) is 21.7. The quantitative estimate of drug-likeness (QED) is 0.444. The van der Waals surface area contributed by atoms with E-state index in [1.165, 1.54) is 25.5 Å². The average molecular weight is 465 g/mol. The van der Waals surface area contributed by atoms with Crippen LogP contribution in [0.25, 0.3) is 11.2 Å². The van der Waals surface area contributed by atoms with Crippen LogP contribution >= 0.6 is 12.2 Å². The van der Waals surface area contributed by atoms with Crippen molar-refractivity contribution in [2.45, 2.75) is 68.7 Å². The van der Waals surface area contributed by atoms with E-state index in [1.54, 1.807) is 4.57 Å². The predicted octanol–water partition coefficient (Wildman–Crippen LogP) is 0.480. The van der Waals surface area contributed by atoms with E-state index in [-0.39, 0.29) is 17.8 Å². The van der Waals surface area contributed by atoms with Crippen molar-refractivity contribution in [3.63, 3.8) is 0 Å². The van der Waals surface area contributed by atoms with Gasteiger partial charge in [-0.05, 0) is 31.5 Å². The molecule has 32 heavy (non-hydrogen) atoms. The Bertz CT molecular complexity index is 948. The van der Waals surface area contributed by atoms with Gasteiger partial charge in [0.15, 0.2) is 23.2 Å². The molecule has 2 aromatic rings. The number of hydrogen-bond acceptors (Lipinski definition) is 10. The molecule has 0 amide bonds. The highest BCUT2D eigenvalue weighted by Crippen LogP contribution is 2.32. The molecular weight excluding hydrogens is 436 g/mol. The Balaban J connectivity index is 1.25. The molecule has 1 aliphatic carbocycles. The predicted molar refractivity (Wildman–Crippen MR) is 118 cm³/mol. The van der Waals surface area contributed by atoms with E-state index in [2.05, 4.69) is 25.6 Å². The summed E-state index contributed by atoms with van der Waals surface area (Å²) in [6.45, 7) is 1.36. The Labute approximate surface area is 190 Å². The van der Waals surface area contributed by atoms with Gasteiger partial charge in [-0.15, -0.1) is 0 Å². The number of aromatic nitrogens is 4. The largest absolute Gasteiger partial charge is 0.468 e. The van der Waals surface area contributed by atoms with Crippen molar-refractivity contribution in [2.24, 2.45) is 0 Å². The van der Waals surface area contributed by atoms with Crippen molar-refractivity contribution in [1.82, 2.24) is 24.8 Å². The average Bonchev–Trinajstić information content (AvgIpc) is 3.58. The van der Waals surface area contributed by atoms with E-state index in [1.807, 2.05) is 0 Å². The molecule has 3 aliphatic rings. The van der Waals surface area contributed by atoms with Crippen molar-refractivity contribution in [1.29, 1.82) is 0 Å². The lowest BCUT2D eigenvalue weighted by molar-refractivity contribution is -0.0492. The van der Waals surface area contributed by atoms with Crippen molar-refractivity contribution >= 4 is 34.4 Å². The van der Waals surface area contributed by atoms with Crippen LogP contribution in [0.2, 0.25) is 0 Å². The standard InChI is InChI=1S/C20H28N6O5S/c27-15-13(8-30-20(32)25-11-3-1-2-4-11)31-19(16(15)28)26-10-23-14-17(21-9-22-18(14)26)24-12-5-6-29-7-12/h9-13,15-16,19,27-28H,1-8H2,(H,25,32)(H,21,22,24)/t12-,13-,15-,16-,19?/m1/s1. The van der Waals surface area contributed by atoms with Crippen LogP contribution in [0.1, 0.15) is 38.3 Å². The number of hydrogen-bond donors (Lipinski definition) is 4. The molecule has 4 heterocycles. The van der Waals surface area contributed by atoms with Gasteiger partial charge in [0, 0.05) is 12.6 Å². The fraction of sp³-hybridized carbons (Fsp3) is 0.700. The van der Waals surface area contributed by atoms with E-state index in [9.17, 15) is 10.2 Å². The van der Waals surface area contributed by atoms with E-state index in [0.717, 1.165) is 19.3 Å². The first-order valence-electron chi connectivity index (χ1n) is 11.1. The summed E-state index contributed by atoms with van der Waals surface area (Å²) >= 11 is 5.26. The second kappa shape index (κ2) is 9.40. The molecule has 4 N–H and O–H groups in total. The zero-order valence-electron chi connectivity index (χ0n) is 17.6. The summed E-state index contributed by atoms with van der Waals surface area (Å²) < 4.78 is 18.6. The van der Waals surface area contributed by atoms with Gasteiger partial charge in [0.2, 0.25) is 0 Å². The summed E-state index contributed by atoms with van der Waals surface area (Å²) in [7, 11) is 0. The molecule has 5 rings (SSSR count). The van der Waals surface area contributed by atoms with Gasteiger partial charge in [0.1, 0.15) is 31.2 Å². The van der Waals surface area contributed by atoms with Gasteiger partial charge >= 0.3 is 0 Å². The Hall–Kier alpha value is -2.12. The zero-order valence-corrected chi connectivity index (χ0v) is 18.4. The van der Waals surface area contributed by atoms with Crippen LogP contribution in [0, 0.1) is 0 Å². The first-order chi connectivity index (χ1) is 15.6. The number of ether oxygens (including phenoxy) is 3. The highest BCUT2D eigenvalue weighted by atomic mass is 32.1. The number of nitrogens with one attached hydrogen (secondary N) is 2. The highest BCUT2D eigenvalue weighted by molar-refractivity contribution is 7.80. The lowest BCUT2D eigenvalue weighted by Gasteiger charge is -2.18. The normalized spacial score (nSPS) is 30.8. The molecular formula is C20H28N6O5S. The molecule has 0 radical (unpaired) electrons. The van der Waals surface area contributed by atoms with Gasteiger partial charge in [0.25, 0.3) is 5.17 Å². The highest BCUT2D eigenvalue weighted by Gasteiger charge is 2.45. The maximum Gasteiger partial charge on any atom is 0.256 e. The summed E-state index contributed by atoms with van der Waals surface area (Å²) in [5.41, 5.74) is 1.06. The van der Waals surface area contributed by atoms with Gasteiger partial charge < -0.3 is 35.1 Å². The van der Waals surface area contributed by atoms with Gasteiger partial charge in [-0.3, -0.25) is 4.57 Å². The number of imidazole rings is 1. The van der Waals surface area contributed by atoms with E-state index >= 15 is 0 Å². The summed E-state index contributed by atoms with van der Waals surface area (Å²) in [5.74, 6) is 0.598. The van der Waals surface area contributed by atoms with Crippen molar-refractivity contribution in [3.05, 3.63) is 12.7 Å². The summed E-state index contributed by atoms with van der Waals surface area (Å²) in [5, 5.41) is 28.0. The summed E-state index contributed by atoms with van der Waals surface area (Å²) in [6.07, 6.45) is 4.47. The third-order valence-electron chi connectivity index (χ3n) is 6.30. The Morgan fingerprint density at radius 3 is 2.78 bits per heavy atom. The molecule has 174 valence electrons. The van der Waals surface area contributed by atoms with Gasteiger partial charge in [0.05, 0.1) is 19.0 Å². The van der Waals surface area contributed by atoms with Crippen molar-refractivity contribution < 1.29 is 24.4 Å². The Morgan fingerprint density at radius 1 is 1.16 bits per heavy atom. The van der Waals surface area contributed by atoms with E-state index in [4.69, 9.17) is 26.4 Å². The molecule has 2 saturated heterocycles. The van der Waals surface area contributed by atoms with Crippen LogP contribution in [0.5, 0.6) is 0 Å². The molecule has 0 aromatic carbocycles. The molecule has 5 atom stereocenters. The number of aliphatic hydroxyl groups excluding tert-OH is 2.